The van der Waals surface area contributed by atoms with Crippen molar-refractivity contribution in [2.45, 2.75) is 31.5 Å². The fraction of sp³-hybridized carbons (Fsp3) is 0.524. The van der Waals surface area contributed by atoms with Gasteiger partial charge in [0.05, 0.1) is 33.0 Å². The number of nitrogens with one attached hydrogen (secondary N) is 1. The minimum Gasteiger partial charge on any atom is -0.497 e. The van der Waals surface area contributed by atoms with Gasteiger partial charge in [0, 0.05) is 36.2 Å². The Morgan fingerprint density at radius 2 is 2.13 bits per heavy atom. The predicted octanol–water partition coefficient (Wildman–Crippen LogP) is 1.12. The molecule has 1 N–H and O–H groups in total. The van der Waals surface area contributed by atoms with Crippen LogP contribution in [0.15, 0.2) is 29.1 Å². The summed E-state index contributed by atoms with van der Waals surface area (Å²) in [5, 5.41) is 13.4. The van der Waals surface area contributed by atoms with Crippen molar-refractivity contribution in [2.75, 3.05) is 40.0 Å². The van der Waals surface area contributed by atoms with Gasteiger partial charge in [0.2, 0.25) is 0 Å². The largest absolute Gasteiger partial charge is 0.497 e. The molecule has 164 valence electrons. The van der Waals surface area contributed by atoms with Gasteiger partial charge in [-0.15, -0.1) is 5.10 Å². The van der Waals surface area contributed by atoms with Crippen LogP contribution in [0.1, 0.15) is 30.3 Å². The number of H-pyrrole nitrogens is 1. The van der Waals surface area contributed by atoms with Gasteiger partial charge in [-0.1, -0.05) is 0 Å². The molecule has 0 radical (unpaired) electrons. The lowest BCUT2D eigenvalue weighted by molar-refractivity contribution is 0.0205. The summed E-state index contributed by atoms with van der Waals surface area (Å²) in [5.41, 5.74) is 1.21. The number of fused-ring (bicyclic) bond motifs is 1. The van der Waals surface area contributed by atoms with Gasteiger partial charge in [-0.2, -0.15) is 0 Å². The molecule has 2 aromatic heterocycles. The Kier molecular flexibility index (Phi) is 5.66. The van der Waals surface area contributed by atoms with Crippen molar-refractivity contribution >= 4 is 10.9 Å². The highest BCUT2D eigenvalue weighted by Crippen LogP contribution is 2.29. The molecule has 10 nitrogen and oxygen atoms in total. The number of benzene rings is 1. The molecule has 0 aliphatic carbocycles. The van der Waals surface area contributed by atoms with E-state index in [1.54, 1.807) is 11.8 Å². The molecule has 0 unspecified atom stereocenters. The predicted molar refractivity (Wildman–Crippen MR) is 112 cm³/mol. The fourth-order valence-corrected chi connectivity index (χ4v) is 4.39. The van der Waals surface area contributed by atoms with Crippen LogP contribution in [0.2, 0.25) is 0 Å². The Labute approximate surface area is 179 Å². The topological polar surface area (TPSA) is 107 Å². The number of aromatic amines is 1. The number of pyridine rings is 1. The Morgan fingerprint density at radius 3 is 2.90 bits per heavy atom. The molecule has 2 aliphatic heterocycles. The van der Waals surface area contributed by atoms with Crippen LogP contribution in [0.5, 0.6) is 5.75 Å². The molecular formula is C21H26N6O4. The first-order chi connectivity index (χ1) is 15.2. The molecule has 0 spiro atoms. The van der Waals surface area contributed by atoms with E-state index >= 15 is 0 Å². The Hall–Kier alpha value is -2.82. The van der Waals surface area contributed by atoms with Crippen LogP contribution in [-0.2, 0) is 16.0 Å². The van der Waals surface area contributed by atoms with Crippen LogP contribution in [0.3, 0.4) is 0 Å². The van der Waals surface area contributed by atoms with E-state index in [4.69, 9.17) is 14.2 Å². The molecule has 4 heterocycles. The number of rotatable bonds is 6. The summed E-state index contributed by atoms with van der Waals surface area (Å²) in [6.45, 7) is 3.91. The standard InChI is InChI=1S/C21H26N6O4/c1-29-15-4-5-18-14(11-15)12-17(21(28)22-18)19(26-6-9-30-10-7-26)20-23-24-25-27(20)13-16-3-2-8-31-16/h4-5,11-12,16,19H,2-3,6-10,13H2,1H3,(H,22,28)/t16-,19-/m1/s1. The Morgan fingerprint density at radius 1 is 1.26 bits per heavy atom. The lowest BCUT2D eigenvalue weighted by Gasteiger charge is -2.33. The maximum atomic E-state index is 13.2. The molecule has 0 amide bonds. The van der Waals surface area contributed by atoms with E-state index in [-0.39, 0.29) is 17.7 Å². The van der Waals surface area contributed by atoms with Crippen LogP contribution in [-0.4, -0.2) is 76.2 Å². The van der Waals surface area contributed by atoms with Gasteiger partial charge in [-0.3, -0.25) is 9.69 Å². The summed E-state index contributed by atoms with van der Waals surface area (Å²) in [4.78, 5) is 18.4. The van der Waals surface area contributed by atoms with Crippen molar-refractivity contribution in [3.63, 3.8) is 0 Å². The molecule has 2 saturated heterocycles. The third-order valence-electron chi connectivity index (χ3n) is 5.99. The second kappa shape index (κ2) is 8.74. The van der Waals surface area contributed by atoms with Crippen LogP contribution >= 0.6 is 0 Å². The molecule has 10 heteroatoms. The Balaban J connectivity index is 1.59. The van der Waals surface area contributed by atoms with Gasteiger partial charge in [0.25, 0.3) is 5.56 Å². The Bertz CT molecular complexity index is 1100. The lowest BCUT2D eigenvalue weighted by Crippen LogP contribution is -2.42. The van der Waals surface area contributed by atoms with Crippen LogP contribution in [0.25, 0.3) is 10.9 Å². The average molecular weight is 426 g/mol. The smallest absolute Gasteiger partial charge is 0.253 e. The van der Waals surface area contributed by atoms with E-state index in [1.807, 2.05) is 24.3 Å². The summed E-state index contributed by atoms with van der Waals surface area (Å²) >= 11 is 0. The molecule has 0 saturated carbocycles. The minimum atomic E-state index is -0.389. The summed E-state index contributed by atoms with van der Waals surface area (Å²) in [5.74, 6) is 1.38. The monoisotopic (exact) mass is 426 g/mol. The SMILES string of the molecule is COc1ccc2[nH]c(=O)c([C@H](c3nnnn3C[C@H]3CCCO3)N3CCOCC3)cc2c1. The zero-order valence-corrected chi connectivity index (χ0v) is 17.5. The first-order valence-electron chi connectivity index (χ1n) is 10.6. The van der Waals surface area contributed by atoms with Crippen molar-refractivity contribution in [1.82, 2.24) is 30.1 Å². The molecule has 2 aliphatic rings. The van der Waals surface area contributed by atoms with Gasteiger partial charge < -0.3 is 19.2 Å². The van der Waals surface area contributed by atoms with Crippen molar-refractivity contribution in [3.8, 4) is 5.75 Å². The number of morpholine rings is 1. The van der Waals surface area contributed by atoms with E-state index in [0.717, 1.165) is 36.1 Å². The zero-order valence-electron chi connectivity index (χ0n) is 17.5. The molecule has 0 bridgehead atoms. The molecular weight excluding hydrogens is 400 g/mol. The normalized spacial score (nSPS) is 20.9. The zero-order chi connectivity index (χ0) is 21.2. The average Bonchev–Trinajstić information content (AvgIpc) is 3.48. The van der Waals surface area contributed by atoms with E-state index in [2.05, 4.69) is 25.4 Å². The highest BCUT2D eigenvalue weighted by Gasteiger charge is 2.32. The number of hydrogen-bond acceptors (Lipinski definition) is 8. The second-order valence-electron chi connectivity index (χ2n) is 7.91. The van der Waals surface area contributed by atoms with Crippen molar-refractivity contribution in [1.29, 1.82) is 0 Å². The highest BCUT2D eigenvalue weighted by atomic mass is 16.5. The molecule has 2 fully saturated rings. The van der Waals surface area contributed by atoms with E-state index in [0.29, 0.717) is 44.2 Å². The van der Waals surface area contributed by atoms with Gasteiger partial charge >= 0.3 is 0 Å². The highest BCUT2D eigenvalue weighted by molar-refractivity contribution is 5.80. The number of tetrazole rings is 1. The maximum absolute atomic E-state index is 13.2. The van der Waals surface area contributed by atoms with Crippen LogP contribution in [0.4, 0.5) is 0 Å². The number of ether oxygens (including phenoxy) is 3. The molecule has 5 rings (SSSR count). The van der Waals surface area contributed by atoms with Crippen LogP contribution < -0.4 is 10.3 Å². The van der Waals surface area contributed by atoms with Gasteiger partial charge in [0.1, 0.15) is 11.8 Å². The summed E-state index contributed by atoms with van der Waals surface area (Å²) in [7, 11) is 1.63. The molecule has 3 aromatic rings. The van der Waals surface area contributed by atoms with Gasteiger partial charge in [0.15, 0.2) is 5.82 Å². The second-order valence-corrected chi connectivity index (χ2v) is 7.91. The number of hydrogen-bond donors (Lipinski definition) is 1. The first kappa shape index (κ1) is 20.1. The van der Waals surface area contributed by atoms with Crippen molar-refractivity contribution in [2.24, 2.45) is 0 Å². The number of aromatic nitrogens is 5. The van der Waals surface area contributed by atoms with E-state index in [1.165, 1.54) is 0 Å². The van der Waals surface area contributed by atoms with E-state index in [9.17, 15) is 4.79 Å². The van der Waals surface area contributed by atoms with Crippen molar-refractivity contribution < 1.29 is 14.2 Å². The molecule has 2 atom stereocenters. The first-order valence-corrected chi connectivity index (χ1v) is 10.6. The fourth-order valence-electron chi connectivity index (χ4n) is 4.39. The third-order valence-corrected chi connectivity index (χ3v) is 5.99. The number of methoxy groups -OCH3 is 1. The molecule has 31 heavy (non-hydrogen) atoms. The van der Waals surface area contributed by atoms with Gasteiger partial charge in [-0.25, -0.2) is 4.68 Å². The third kappa shape index (κ3) is 4.06. The number of nitrogens with zero attached hydrogens (tertiary/aromatic N) is 5. The summed E-state index contributed by atoms with van der Waals surface area (Å²) in [6.07, 6.45) is 2.12. The maximum Gasteiger partial charge on any atom is 0.253 e. The summed E-state index contributed by atoms with van der Waals surface area (Å²) in [6, 6.07) is 7.13. The molecule has 1 aromatic carbocycles. The van der Waals surface area contributed by atoms with E-state index < -0.39 is 0 Å². The quantitative estimate of drug-likeness (QED) is 0.625. The summed E-state index contributed by atoms with van der Waals surface area (Å²) < 4.78 is 18.5. The minimum absolute atomic E-state index is 0.0896. The van der Waals surface area contributed by atoms with Crippen molar-refractivity contribution in [3.05, 3.63) is 46.0 Å². The lowest BCUT2D eigenvalue weighted by atomic mass is 10.0. The van der Waals surface area contributed by atoms with Crippen LogP contribution in [0, 0.1) is 0 Å². The van der Waals surface area contributed by atoms with Gasteiger partial charge in [-0.05, 0) is 47.5 Å².